The minimum atomic E-state index is -0.767. The van der Waals surface area contributed by atoms with E-state index in [9.17, 15) is 39.6 Å². The minimum absolute atomic E-state index is 0.0747. The largest absolute Gasteiger partial charge is 0.507 e. The van der Waals surface area contributed by atoms with Gasteiger partial charge in [0, 0.05) is 0 Å². The third-order valence-corrected chi connectivity index (χ3v) is 7.53. The van der Waals surface area contributed by atoms with Crippen LogP contribution in [0.15, 0.2) is 43.4 Å². The lowest BCUT2D eigenvalue weighted by Crippen LogP contribution is -2.10. The van der Waals surface area contributed by atoms with Gasteiger partial charge in [-0.15, -0.1) is 22.7 Å². The molecule has 0 unspecified atom stereocenters. The third kappa shape index (κ3) is 2.14. The molecule has 0 aliphatic rings. The van der Waals surface area contributed by atoms with Crippen LogP contribution in [0, 0.1) is 0 Å². The smallest absolute Gasteiger partial charge is 0.209 e. The van der Waals surface area contributed by atoms with Crippen molar-refractivity contribution in [3.63, 3.8) is 0 Å². The highest BCUT2D eigenvalue weighted by molar-refractivity contribution is 7.36. The zero-order valence-corrected chi connectivity index (χ0v) is 16.2. The molecule has 1 aromatic heterocycles. The maximum absolute atomic E-state index is 13.0. The highest BCUT2D eigenvalue weighted by Crippen LogP contribution is 2.43. The van der Waals surface area contributed by atoms with Crippen molar-refractivity contribution in [1.82, 2.24) is 0 Å². The van der Waals surface area contributed by atoms with Gasteiger partial charge in [-0.2, -0.15) is 0 Å². The molecule has 4 N–H and O–H groups in total. The van der Waals surface area contributed by atoms with Crippen molar-refractivity contribution in [3.8, 4) is 23.0 Å². The summed E-state index contributed by atoms with van der Waals surface area (Å²) in [5.41, 5.74) is -2.90. The Morgan fingerprint density at radius 2 is 0.867 bits per heavy atom. The molecule has 10 heteroatoms. The van der Waals surface area contributed by atoms with Gasteiger partial charge in [0.05, 0.1) is 40.3 Å². The molecule has 30 heavy (non-hydrogen) atoms. The molecule has 0 spiro atoms. The van der Waals surface area contributed by atoms with Gasteiger partial charge in [-0.05, 0) is 24.3 Å². The summed E-state index contributed by atoms with van der Waals surface area (Å²) < 4.78 is -0.386. The molecule has 5 rings (SSSR count). The number of hydrogen-bond donors (Lipinski definition) is 4. The summed E-state index contributed by atoms with van der Waals surface area (Å²) in [5.74, 6) is -2.15. The molecule has 0 bridgehead atoms. The fraction of sp³-hybridized carbons (Fsp3) is 0. The summed E-state index contributed by atoms with van der Waals surface area (Å²) >= 11 is 1.29. The lowest BCUT2D eigenvalue weighted by atomic mass is 10.1. The van der Waals surface area contributed by atoms with Crippen LogP contribution in [0.4, 0.5) is 0 Å². The number of benzene rings is 4. The van der Waals surface area contributed by atoms with Gasteiger partial charge in [-0.3, -0.25) is 19.2 Å². The standard InChI is InChI=1S/C20H8O8S2/c21-5-1-2-6(22)10-9(5)13(25)17-18(14(10)26)30-20-16(28)12-8(24)4-3-7(23)11(12)15(27)19(20)29-17/h1-4,21,23,26,28H. The van der Waals surface area contributed by atoms with E-state index in [0.29, 0.717) is 22.7 Å². The van der Waals surface area contributed by atoms with Crippen molar-refractivity contribution < 1.29 is 20.4 Å². The minimum Gasteiger partial charge on any atom is -0.507 e. The summed E-state index contributed by atoms with van der Waals surface area (Å²) in [5, 5.41) is 40.0. The average Bonchev–Trinajstić information content (AvgIpc) is 2.72. The van der Waals surface area contributed by atoms with Crippen molar-refractivity contribution in [2.45, 2.75) is 0 Å². The molecule has 0 aliphatic carbocycles. The van der Waals surface area contributed by atoms with Gasteiger partial charge in [0.15, 0.2) is 10.9 Å². The van der Waals surface area contributed by atoms with Crippen molar-refractivity contribution >= 4 is 63.0 Å². The maximum Gasteiger partial charge on any atom is 0.209 e. The predicted molar refractivity (Wildman–Crippen MR) is 115 cm³/mol. The van der Waals surface area contributed by atoms with Crippen LogP contribution < -0.4 is 21.7 Å². The molecule has 8 nitrogen and oxygen atoms in total. The van der Waals surface area contributed by atoms with E-state index in [2.05, 4.69) is 0 Å². The first-order valence-electron chi connectivity index (χ1n) is 8.35. The zero-order chi connectivity index (χ0) is 21.5. The van der Waals surface area contributed by atoms with Gasteiger partial charge in [-0.1, -0.05) is 0 Å². The number of rotatable bonds is 0. The van der Waals surface area contributed by atoms with Gasteiger partial charge in [-0.25, -0.2) is 0 Å². The highest BCUT2D eigenvalue weighted by Gasteiger charge is 2.23. The molecule has 5 aromatic rings. The molecule has 0 saturated carbocycles. The second kappa shape index (κ2) is 5.88. The average molecular weight is 440 g/mol. The van der Waals surface area contributed by atoms with E-state index in [4.69, 9.17) is 0 Å². The van der Waals surface area contributed by atoms with Gasteiger partial charge >= 0.3 is 0 Å². The SMILES string of the molecule is O=c1ccc(O)c2c(=O)c3sc4c(=O)c5c(O)ccc(=O)c5c(O)c4sc3c(O)c12. The van der Waals surface area contributed by atoms with Gasteiger partial charge in [0.1, 0.15) is 23.0 Å². The first kappa shape index (κ1) is 18.3. The Hall–Kier alpha value is -3.76. The lowest BCUT2D eigenvalue weighted by Gasteiger charge is -2.09. The first-order valence-corrected chi connectivity index (χ1v) is 9.98. The van der Waals surface area contributed by atoms with Crippen LogP contribution in [0.5, 0.6) is 23.0 Å². The molecule has 0 radical (unpaired) electrons. The van der Waals surface area contributed by atoms with E-state index in [1.54, 1.807) is 0 Å². The Bertz CT molecular complexity index is 1690. The van der Waals surface area contributed by atoms with E-state index in [-0.39, 0.29) is 40.3 Å². The summed E-state index contributed by atoms with van der Waals surface area (Å²) in [6.45, 7) is 0. The second-order valence-corrected chi connectivity index (χ2v) is 8.58. The summed E-state index contributed by atoms with van der Waals surface area (Å²) in [6, 6.07) is 4.09. The van der Waals surface area contributed by atoms with Crippen LogP contribution in [0.3, 0.4) is 0 Å². The lowest BCUT2D eigenvalue weighted by molar-refractivity contribution is 0.478. The molecule has 0 fully saturated rings. The number of aromatic hydroxyl groups is 4. The van der Waals surface area contributed by atoms with E-state index < -0.39 is 44.7 Å². The molecule has 0 atom stereocenters. The number of fused-ring (bicyclic) bond motifs is 4. The quantitative estimate of drug-likeness (QED) is 0.268. The molecule has 0 aliphatic heterocycles. The van der Waals surface area contributed by atoms with Gasteiger partial charge in [0.25, 0.3) is 0 Å². The highest BCUT2D eigenvalue weighted by atomic mass is 32.1. The van der Waals surface area contributed by atoms with Crippen molar-refractivity contribution in [2.24, 2.45) is 0 Å². The van der Waals surface area contributed by atoms with Gasteiger partial charge < -0.3 is 20.4 Å². The number of phenolic OH excluding ortho intramolecular Hbond substituents is 4. The topological polar surface area (TPSA) is 149 Å². The summed E-state index contributed by atoms with van der Waals surface area (Å²) in [7, 11) is 0. The fourth-order valence-corrected chi connectivity index (χ4v) is 5.97. The van der Waals surface area contributed by atoms with Crippen LogP contribution in [-0.4, -0.2) is 20.4 Å². The predicted octanol–water partition coefficient (Wildman–Crippen LogP) is 2.12. The Labute approximate surface area is 171 Å². The molecule has 0 amide bonds. The first-order chi connectivity index (χ1) is 14.2. The van der Waals surface area contributed by atoms with E-state index in [0.717, 1.165) is 24.3 Å². The Balaban J connectivity index is 2.17. The summed E-state index contributed by atoms with van der Waals surface area (Å²) in [6.07, 6.45) is 0. The van der Waals surface area contributed by atoms with Crippen LogP contribution in [0.1, 0.15) is 0 Å². The third-order valence-electron chi connectivity index (χ3n) is 4.88. The normalized spacial score (nSPS) is 11.7. The van der Waals surface area contributed by atoms with Crippen LogP contribution in [0.2, 0.25) is 0 Å². The molecule has 4 aromatic carbocycles. The van der Waals surface area contributed by atoms with Crippen LogP contribution >= 0.6 is 22.7 Å². The molecule has 1 heterocycles. The van der Waals surface area contributed by atoms with Crippen LogP contribution in [0.25, 0.3) is 40.3 Å². The number of phenols is 4. The van der Waals surface area contributed by atoms with Crippen molar-refractivity contribution in [3.05, 3.63) is 65.2 Å². The van der Waals surface area contributed by atoms with Crippen molar-refractivity contribution in [1.29, 1.82) is 0 Å². The van der Waals surface area contributed by atoms with E-state index >= 15 is 0 Å². The van der Waals surface area contributed by atoms with E-state index in [1.165, 1.54) is 0 Å². The molecular weight excluding hydrogens is 432 g/mol. The molecule has 148 valence electrons. The second-order valence-electron chi connectivity index (χ2n) is 6.54. The van der Waals surface area contributed by atoms with Crippen molar-refractivity contribution in [2.75, 3.05) is 0 Å². The Kier molecular flexibility index (Phi) is 3.58. The maximum atomic E-state index is 13.0. The van der Waals surface area contributed by atoms with Crippen LogP contribution in [-0.2, 0) is 0 Å². The molecular formula is C20H8O8S2. The van der Waals surface area contributed by atoms with E-state index in [1.807, 2.05) is 0 Å². The van der Waals surface area contributed by atoms with Gasteiger partial charge in [0.2, 0.25) is 10.9 Å². The zero-order valence-electron chi connectivity index (χ0n) is 14.5. The molecule has 0 saturated heterocycles. The monoisotopic (exact) mass is 440 g/mol. The summed E-state index contributed by atoms with van der Waals surface area (Å²) in [4.78, 5) is 50.4. The Morgan fingerprint density at radius 1 is 0.500 bits per heavy atom. The number of hydrogen-bond acceptors (Lipinski definition) is 10. The fourth-order valence-electron chi connectivity index (χ4n) is 3.53. The Morgan fingerprint density at radius 3 is 1.27 bits per heavy atom.